The summed E-state index contributed by atoms with van der Waals surface area (Å²) in [4.78, 5) is 17.6. The highest BCUT2D eigenvalue weighted by atomic mass is 31.2. The molecule has 0 bridgehead atoms. The summed E-state index contributed by atoms with van der Waals surface area (Å²) in [7, 11) is -3.84. The molecule has 0 spiro atoms. The topological polar surface area (TPSA) is 66.8 Å². The zero-order chi connectivity index (χ0) is 24.1. The van der Waals surface area contributed by atoms with Crippen molar-refractivity contribution >= 4 is 7.60 Å². The van der Waals surface area contributed by atoms with E-state index in [9.17, 15) is 13.3 Å². The number of ether oxygens (including phenoxy) is 1. The second-order valence-corrected chi connectivity index (χ2v) is 10.4. The first-order valence-electron chi connectivity index (χ1n) is 12.1. The average Bonchev–Trinajstić information content (AvgIpc) is 2.75. The van der Waals surface area contributed by atoms with Gasteiger partial charge in [0.25, 0.3) is 0 Å². The molecule has 0 aromatic heterocycles. The van der Waals surface area contributed by atoms with Gasteiger partial charge in [-0.25, -0.2) is 8.78 Å². The Kier molecular flexibility index (Phi) is 12.1. The summed E-state index contributed by atoms with van der Waals surface area (Å²) in [6.45, 7) is 2.53. The fourth-order valence-electron chi connectivity index (χ4n) is 3.85. The van der Waals surface area contributed by atoms with Crippen LogP contribution in [-0.4, -0.2) is 22.6 Å². The summed E-state index contributed by atoms with van der Waals surface area (Å²) in [6.07, 6.45) is 10.4. The van der Waals surface area contributed by atoms with Crippen LogP contribution in [0, 0.1) is 11.6 Å². The predicted molar refractivity (Wildman–Crippen MR) is 130 cm³/mol. The van der Waals surface area contributed by atoms with Crippen LogP contribution in [-0.2, 0) is 11.0 Å². The van der Waals surface area contributed by atoms with Crippen molar-refractivity contribution in [2.75, 3.05) is 12.8 Å². The van der Waals surface area contributed by atoms with Gasteiger partial charge in [0, 0.05) is 17.8 Å². The SMILES string of the molecule is CCCc1ccc(-c2ccc(OCCCCCCCCCCCP(=O)(O)O)cc2F)cc1F. The number of hydrogen-bond acceptors (Lipinski definition) is 2. The number of benzene rings is 2. The number of aryl methyl sites for hydroxylation is 1. The highest BCUT2D eigenvalue weighted by Gasteiger charge is 2.11. The Morgan fingerprint density at radius 2 is 1.45 bits per heavy atom. The Labute approximate surface area is 196 Å². The summed E-state index contributed by atoms with van der Waals surface area (Å²) in [6, 6.07) is 9.60. The second kappa shape index (κ2) is 14.5. The number of halogens is 2. The summed E-state index contributed by atoms with van der Waals surface area (Å²) >= 11 is 0. The Morgan fingerprint density at radius 3 is 2.03 bits per heavy atom. The maximum absolute atomic E-state index is 14.6. The van der Waals surface area contributed by atoms with Crippen molar-refractivity contribution in [3.05, 3.63) is 53.6 Å². The van der Waals surface area contributed by atoms with E-state index in [0.29, 0.717) is 41.9 Å². The molecule has 0 fully saturated rings. The summed E-state index contributed by atoms with van der Waals surface area (Å²) in [5.74, 6) is -0.237. The van der Waals surface area contributed by atoms with Crippen LogP contribution >= 0.6 is 7.60 Å². The maximum atomic E-state index is 14.6. The van der Waals surface area contributed by atoms with E-state index in [1.54, 1.807) is 24.3 Å². The predicted octanol–water partition coefficient (Wildman–Crippen LogP) is 7.65. The van der Waals surface area contributed by atoms with Crippen molar-refractivity contribution in [1.82, 2.24) is 0 Å². The quantitative estimate of drug-likeness (QED) is 0.190. The van der Waals surface area contributed by atoms with Crippen molar-refractivity contribution < 1.29 is 27.9 Å². The van der Waals surface area contributed by atoms with Crippen molar-refractivity contribution in [3.8, 4) is 16.9 Å². The fraction of sp³-hybridized carbons (Fsp3) is 0.538. The van der Waals surface area contributed by atoms with Gasteiger partial charge in [0.05, 0.1) is 6.61 Å². The van der Waals surface area contributed by atoms with Crippen molar-refractivity contribution in [2.45, 2.75) is 77.6 Å². The molecule has 7 heteroatoms. The van der Waals surface area contributed by atoms with Gasteiger partial charge in [0.1, 0.15) is 17.4 Å². The van der Waals surface area contributed by atoms with Crippen LogP contribution in [0.5, 0.6) is 5.75 Å². The standard InChI is InChI=1S/C26H37F2O4P/c1-2-12-21-13-14-22(19-25(21)27)24-16-15-23(20-26(24)28)32-17-10-8-6-4-3-5-7-9-11-18-33(29,30)31/h13-16,19-20H,2-12,17-18H2,1H3,(H2,29,30,31). The Balaban J connectivity index is 1.61. The van der Waals surface area contributed by atoms with E-state index in [-0.39, 0.29) is 12.0 Å². The zero-order valence-corrected chi connectivity index (χ0v) is 20.5. The van der Waals surface area contributed by atoms with Gasteiger partial charge in [-0.2, -0.15) is 0 Å². The highest BCUT2D eigenvalue weighted by molar-refractivity contribution is 7.51. The van der Waals surface area contributed by atoms with Gasteiger partial charge >= 0.3 is 7.60 Å². The van der Waals surface area contributed by atoms with Crippen LogP contribution in [0.3, 0.4) is 0 Å². The molecule has 0 saturated carbocycles. The van der Waals surface area contributed by atoms with E-state index >= 15 is 0 Å². The van der Waals surface area contributed by atoms with Gasteiger partial charge in [0.2, 0.25) is 0 Å². The van der Waals surface area contributed by atoms with Gasteiger partial charge in [-0.1, -0.05) is 70.4 Å². The van der Waals surface area contributed by atoms with Crippen LogP contribution in [0.4, 0.5) is 8.78 Å². The van der Waals surface area contributed by atoms with Gasteiger partial charge < -0.3 is 14.5 Å². The third-order valence-corrected chi connectivity index (χ3v) is 6.59. The van der Waals surface area contributed by atoms with E-state index < -0.39 is 13.4 Å². The Morgan fingerprint density at radius 1 is 0.818 bits per heavy atom. The molecule has 0 unspecified atom stereocenters. The molecule has 0 heterocycles. The first-order valence-corrected chi connectivity index (χ1v) is 13.9. The minimum Gasteiger partial charge on any atom is -0.493 e. The second-order valence-electron chi connectivity index (χ2n) is 8.62. The van der Waals surface area contributed by atoms with E-state index in [2.05, 4.69) is 0 Å². The van der Waals surface area contributed by atoms with Crippen LogP contribution in [0.15, 0.2) is 36.4 Å². The van der Waals surface area contributed by atoms with Gasteiger partial charge in [-0.15, -0.1) is 0 Å². The lowest BCUT2D eigenvalue weighted by Gasteiger charge is -2.10. The van der Waals surface area contributed by atoms with Gasteiger partial charge in [-0.05, 0) is 48.6 Å². The van der Waals surface area contributed by atoms with Gasteiger partial charge in [0.15, 0.2) is 0 Å². The third kappa shape index (κ3) is 10.8. The molecule has 33 heavy (non-hydrogen) atoms. The first kappa shape index (κ1) is 27.5. The van der Waals surface area contributed by atoms with Crippen molar-refractivity contribution in [2.24, 2.45) is 0 Å². The molecule has 0 aliphatic heterocycles. The largest absolute Gasteiger partial charge is 0.493 e. The highest BCUT2D eigenvalue weighted by Crippen LogP contribution is 2.35. The molecule has 0 aliphatic rings. The molecular formula is C26H37F2O4P. The Bertz CT molecular complexity index is 898. The molecule has 0 radical (unpaired) electrons. The molecule has 2 aromatic rings. The molecule has 0 amide bonds. The summed E-state index contributed by atoms with van der Waals surface area (Å²) < 4.78 is 45.2. The fourth-order valence-corrected chi connectivity index (χ4v) is 4.49. The minimum absolute atomic E-state index is 0.00960. The molecule has 2 rings (SSSR count). The third-order valence-electron chi connectivity index (χ3n) is 5.69. The molecule has 4 nitrogen and oxygen atoms in total. The van der Waals surface area contributed by atoms with E-state index in [0.717, 1.165) is 57.8 Å². The smallest absolute Gasteiger partial charge is 0.325 e. The van der Waals surface area contributed by atoms with Crippen molar-refractivity contribution in [3.63, 3.8) is 0 Å². The molecule has 2 aromatic carbocycles. The Hall–Kier alpha value is -1.75. The normalized spacial score (nSPS) is 11.7. The average molecular weight is 483 g/mol. The van der Waals surface area contributed by atoms with Crippen LogP contribution in [0.1, 0.15) is 76.7 Å². The molecule has 0 aliphatic carbocycles. The van der Waals surface area contributed by atoms with E-state index in [4.69, 9.17) is 14.5 Å². The lowest BCUT2D eigenvalue weighted by atomic mass is 10.0. The van der Waals surface area contributed by atoms with Crippen molar-refractivity contribution in [1.29, 1.82) is 0 Å². The summed E-state index contributed by atoms with van der Waals surface area (Å²) in [5.41, 5.74) is 1.55. The zero-order valence-electron chi connectivity index (χ0n) is 19.6. The molecular weight excluding hydrogens is 445 g/mol. The van der Waals surface area contributed by atoms with Crippen LogP contribution in [0.25, 0.3) is 11.1 Å². The number of unbranched alkanes of at least 4 members (excludes halogenated alkanes) is 8. The van der Waals surface area contributed by atoms with Crippen LogP contribution in [0.2, 0.25) is 0 Å². The monoisotopic (exact) mass is 482 g/mol. The van der Waals surface area contributed by atoms with E-state index in [1.165, 1.54) is 12.1 Å². The van der Waals surface area contributed by atoms with E-state index in [1.807, 2.05) is 6.92 Å². The number of rotatable bonds is 16. The molecule has 2 N–H and O–H groups in total. The molecule has 0 saturated heterocycles. The summed E-state index contributed by atoms with van der Waals surface area (Å²) in [5, 5.41) is 0. The molecule has 184 valence electrons. The number of hydrogen-bond donors (Lipinski definition) is 2. The lowest BCUT2D eigenvalue weighted by Crippen LogP contribution is -1.98. The van der Waals surface area contributed by atoms with Crippen LogP contribution < -0.4 is 4.74 Å². The van der Waals surface area contributed by atoms with Gasteiger partial charge in [-0.3, -0.25) is 4.57 Å². The minimum atomic E-state index is -3.84. The lowest BCUT2D eigenvalue weighted by molar-refractivity contribution is 0.303. The first-order chi connectivity index (χ1) is 15.8. The molecule has 0 atom stereocenters. The maximum Gasteiger partial charge on any atom is 0.325 e.